The van der Waals surface area contributed by atoms with Crippen LogP contribution < -0.4 is 10.1 Å². The van der Waals surface area contributed by atoms with Crippen LogP contribution in [-0.2, 0) is 16.6 Å². The van der Waals surface area contributed by atoms with Crippen LogP contribution in [0.15, 0.2) is 70.2 Å². The lowest BCUT2D eigenvalue weighted by molar-refractivity contribution is 0.0991. The number of piperidine rings is 1. The van der Waals surface area contributed by atoms with Gasteiger partial charge in [0.2, 0.25) is 5.09 Å². The molecule has 7 nitrogen and oxygen atoms in total. The summed E-state index contributed by atoms with van der Waals surface area (Å²) >= 11 is 0. The number of rotatable bonds is 7. The van der Waals surface area contributed by atoms with E-state index in [1.807, 2.05) is 0 Å². The van der Waals surface area contributed by atoms with Crippen molar-refractivity contribution in [2.24, 2.45) is 0 Å². The van der Waals surface area contributed by atoms with Gasteiger partial charge in [0.15, 0.2) is 5.76 Å². The quantitative estimate of drug-likeness (QED) is 0.566. The third-order valence-corrected chi connectivity index (χ3v) is 6.90. The topological polar surface area (TPSA) is 88.8 Å². The van der Waals surface area contributed by atoms with Gasteiger partial charge in [-0.2, -0.15) is 4.31 Å². The summed E-state index contributed by atoms with van der Waals surface area (Å²) in [5, 5.41) is 2.44. The van der Waals surface area contributed by atoms with Gasteiger partial charge in [-0.1, -0.05) is 24.6 Å². The molecule has 32 heavy (non-hydrogen) atoms. The first-order valence-electron chi connectivity index (χ1n) is 10.3. The number of nitrogens with one attached hydrogen (secondary N) is 1. The minimum Gasteiger partial charge on any atom is -0.489 e. The fraction of sp³-hybridized carbons (Fsp3) is 0.261. The van der Waals surface area contributed by atoms with Gasteiger partial charge in [-0.15, -0.1) is 0 Å². The molecule has 2 heterocycles. The highest BCUT2D eigenvalue weighted by molar-refractivity contribution is 7.89. The molecule has 1 fully saturated rings. The van der Waals surface area contributed by atoms with Gasteiger partial charge in [0.25, 0.3) is 15.9 Å². The molecule has 1 N–H and O–H groups in total. The number of benzene rings is 2. The molecule has 1 saturated heterocycles. The van der Waals surface area contributed by atoms with Crippen LogP contribution in [-0.4, -0.2) is 31.7 Å². The summed E-state index contributed by atoms with van der Waals surface area (Å²) in [6.45, 7) is 1.15. The van der Waals surface area contributed by atoms with E-state index in [-0.39, 0.29) is 23.3 Å². The number of hydrogen-bond acceptors (Lipinski definition) is 5. The molecule has 3 aromatic rings. The van der Waals surface area contributed by atoms with Crippen molar-refractivity contribution in [3.63, 3.8) is 0 Å². The number of anilines is 1. The van der Waals surface area contributed by atoms with Gasteiger partial charge in [-0.3, -0.25) is 4.79 Å². The molecule has 1 aliphatic heterocycles. The van der Waals surface area contributed by atoms with E-state index in [0.717, 1.165) is 24.8 Å². The smallest absolute Gasteiger partial charge is 0.291 e. The molecule has 0 saturated carbocycles. The van der Waals surface area contributed by atoms with Gasteiger partial charge in [-0.05, 0) is 54.8 Å². The van der Waals surface area contributed by atoms with E-state index in [9.17, 15) is 17.6 Å². The van der Waals surface area contributed by atoms with Gasteiger partial charge in [0.1, 0.15) is 18.2 Å². The standard InChI is InChI=1S/C23H23FN2O5S/c24-18-9-7-17(8-10-18)16-30-20-6-4-5-19(15-20)25-23(27)21-11-12-22(31-21)32(28,29)26-13-2-1-3-14-26/h4-12,15H,1-3,13-14,16H2,(H,25,27). The Morgan fingerprint density at radius 1 is 1.03 bits per heavy atom. The lowest BCUT2D eigenvalue weighted by Gasteiger charge is -2.24. The molecule has 0 radical (unpaired) electrons. The number of carbonyl (C=O) groups excluding carboxylic acids is 1. The zero-order valence-corrected chi connectivity index (χ0v) is 18.1. The van der Waals surface area contributed by atoms with E-state index in [1.165, 1.54) is 28.6 Å². The lowest BCUT2D eigenvalue weighted by atomic mass is 10.2. The summed E-state index contributed by atoms with van der Waals surface area (Å²) in [5.41, 5.74) is 1.27. The number of ether oxygens (including phenoxy) is 1. The summed E-state index contributed by atoms with van der Waals surface area (Å²) in [6.07, 6.45) is 2.63. The first kappa shape index (κ1) is 22.0. The van der Waals surface area contributed by atoms with Crippen molar-refractivity contribution in [1.82, 2.24) is 4.31 Å². The van der Waals surface area contributed by atoms with Gasteiger partial charge in [0, 0.05) is 24.8 Å². The zero-order chi connectivity index (χ0) is 22.6. The van der Waals surface area contributed by atoms with E-state index in [2.05, 4.69) is 5.32 Å². The van der Waals surface area contributed by atoms with Crippen LogP contribution in [0.5, 0.6) is 5.75 Å². The summed E-state index contributed by atoms with van der Waals surface area (Å²) in [7, 11) is -3.75. The molecule has 0 unspecified atom stereocenters. The summed E-state index contributed by atoms with van der Waals surface area (Å²) in [5.74, 6) is -0.470. The maximum absolute atomic E-state index is 13.0. The Hall–Kier alpha value is -3.17. The van der Waals surface area contributed by atoms with Crippen molar-refractivity contribution in [2.75, 3.05) is 18.4 Å². The highest BCUT2D eigenvalue weighted by Gasteiger charge is 2.29. The number of halogens is 1. The van der Waals surface area contributed by atoms with Crippen molar-refractivity contribution in [3.8, 4) is 5.75 Å². The van der Waals surface area contributed by atoms with Crippen molar-refractivity contribution in [3.05, 3.63) is 77.8 Å². The Balaban J connectivity index is 1.40. The van der Waals surface area contributed by atoms with Crippen LogP contribution in [0.3, 0.4) is 0 Å². The minimum atomic E-state index is -3.75. The predicted molar refractivity (Wildman–Crippen MR) is 116 cm³/mol. The second-order valence-electron chi connectivity index (χ2n) is 7.48. The largest absolute Gasteiger partial charge is 0.489 e. The Morgan fingerprint density at radius 2 is 1.78 bits per heavy atom. The predicted octanol–water partition coefficient (Wildman–Crippen LogP) is 4.42. The van der Waals surface area contributed by atoms with Crippen LogP contribution >= 0.6 is 0 Å². The molecular weight excluding hydrogens is 435 g/mol. The Kier molecular flexibility index (Phi) is 6.57. The van der Waals surface area contributed by atoms with Crippen LogP contribution in [0, 0.1) is 5.82 Å². The molecule has 1 amide bonds. The van der Waals surface area contributed by atoms with E-state index in [1.54, 1.807) is 36.4 Å². The molecule has 4 rings (SSSR count). The average Bonchev–Trinajstić information content (AvgIpc) is 3.31. The number of hydrogen-bond donors (Lipinski definition) is 1. The van der Waals surface area contributed by atoms with Crippen molar-refractivity contribution in [1.29, 1.82) is 0 Å². The summed E-state index contributed by atoms with van der Waals surface area (Å²) in [6, 6.07) is 15.4. The van der Waals surface area contributed by atoms with Crippen molar-refractivity contribution >= 4 is 21.6 Å². The molecule has 1 aromatic heterocycles. The van der Waals surface area contributed by atoms with Gasteiger partial charge in [-0.25, -0.2) is 12.8 Å². The molecule has 0 bridgehead atoms. The monoisotopic (exact) mass is 458 g/mol. The van der Waals surface area contributed by atoms with E-state index < -0.39 is 15.9 Å². The number of nitrogens with zero attached hydrogens (tertiary/aromatic N) is 1. The van der Waals surface area contributed by atoms with E-state index in [4.69, 9.17) is 9.15 Å². The Labute approximate surface area is 185 Å². The molecule has 0 aliphatic carbocycles. The van der Waals surface area contributed by atoms with Crippen molar-refractivity contribution < 1.29 is 26.8 Å². The fourth-order valence-electron chi connectivity index (χ4n) is 3.42. The van der Waals surface area contributed by atoms with Crippen LogP contribution in [0.25, 0.3) is 0 Å². The SMILES string of the molecule is O=C(Nc1cccc(OCc2ccc(F)cc2)c1)c1ccc(S(=O)(=O)N2CCCCC2)o1. The normalized spacial score (nSPS) is 14.8. The average molecular weight is 459 g/mol. The molecule has 2 aromatic carbocycles. The van der Waals surface area contributed by atoms with E-state index >= 15 is 0 Å². The number of sulfonamides is 1. The minimum absolute atomic E-state index is 0.0989. The molecule has 0 spiro atoms. The lowest BCUT2D eigenvalue weighted by Crippen LogP contribution is -2.35. The number of amides is 1. The van der Waals surface area contributed by atoms with Crippen LogP contribution in [0.1, 0.15) is 35.4 Å². The maximum atomic E-state index is 13.0. The molecule has 9 heteroatoms. The van der Waals surface area contributed by atoms with Gasteiger partial charge in [0.05, 0.1) is 0 Å². The molecule has 1 aliphatic rings. The maximum Gasteiger partial charge on any atom is 0.291 e. The van der Waals surface area contributed by atoms with E-state index in [0.29, 0.717) is 24.5 Å². The summed E-state index contributed by atoms with van der Waals surface area (Å²) in [4.78, 5) is 12.6. The Bertz CT molecular complexity index is 1190. The summed E-state index contributed by atoms with van der Waals surface area (Å²) < 4.78 is 50.9. The second-order valence-corrected chi connectivity index (χ2v) is 9.35. The third kappa shape index (κ3) is 5.17. The second kappa shape index (κ2) is 9.54. The zero-order valence-electron chi connectivity index (χ0n) is 17.3. The molecule has 168 valence electrons. The van der Waals surface area contributed by atoms with Gasteiger partial charge < -0.3 is 14.5 Å². The van der Waals surface area contributed by atoms with Crippen molar-refractivity contribution in [2.45, 2.75) is 31.0 Å². The fourth-order valence-corrected chi connectivity index (χ4v) is 4.85. The first-order chi connectivity index (χ1) is 15.4. The number of carbonyl (C=O) groups is 1. The Morgan fingerprint density at radius 3 is 2.53 bits per heavy atom. The molecule has 0 atom stereocenters. The third-order valence-electron chi connectivity index (χ3n) is 5.12. The van der Waals surface area contributed by atoms with Gasteiger partial charge >= 0.3 is 0 Å². The van der Waals surface area contributed by atoms with Crippen LogP contribution in [0.2, 0.25) is 0 Å². The highest BCUT2D eigenvalue weighted by atomic mass is 32.2. The molecular formula is C23H23FN2O5S. The highest BCUT2D eigenvalue weighted by Crippen LogP contribution is 2.24. The first-order valence-corrected chi connectivity index (χ1v) is 11.7. The number of furan rings is 1. The van der Waals surface area contributed by atoms with Crippen LogP contribution in [0.4, 0.5) is 10.1 Å².